The number of carbonyl (C=O) groups excluding carboxylic acids is 1. The van der Waals surface area contributed by atoms with Crippen LogP contribution < -0.4 is 5.32 Å². The van der Waals surface area contributed by atoms with Crippen molar-refractivity contribution in [1.82, 2.24) is 15.5 Å². The quantitative estimate of drug-likeness (QED) is 0.480. The van der Waals surface area contributed by atoms with Gasteiger partial charge < -0.3 is 19.7 Å². The third kappa shape index (κ3) is 6.00. The van der Waals surface area contributed by atoms with Gasteiger partial charge in [-0.2, -0.15) is 4.98 Å². The molecule has 1 heterocycles. The van der Waals surface area contributed by atoms with Crippen molar-refractivity contribution in [3.05, 3.63) is 48.1 Å². The highest BCUT2D eigenvalue weighted by Crippen LogP contribution is 2.19. The molecule has 0 aliphatic heterocycles. The number of nitrogens with zero attached hydrogens (tertiary/aromatic N) is 2. The van der Waals surface area contributed by atoms with E-state index in [4.69, 9.17) is 14.4 Å². The van der Waals surface area contributed by atoms with Crippen molar-refractivity contribution in [1.29, 1.82) is 0 Å². The van der Waals surface area contributed by atoms with E-state index < -0.39 is 17.9 Å². The van der Waals surface area contributed by atoms with Crippen molar-refractivity contribution in [3.8, 4) is 11.4 Å². The fourth-order valence-electron chi connectivity index (χ4n) is 2.19. The second-order valence-corrected chi connectivity index (χ2v) is 5.76. The van der Waals surface area contributed by atoms with E-state index in [1.807, 2.05) is 0 Å². The molecule has 1 amide bonds. The van der Waals surface area contributed by atoms with Crippen LogP contribution in [0.2, 0.25) is 0 Å². The minimum atomic E-state index is -1.20. The van der Waals surface area contributed by atoms with Crippen LogP contribution in [0.3, 0.4) is 0 Å². The predicted octanol–water partition coefficient (Wildman–Crippen LogP) is 1.89. The zero-order valence-corrected chi connectivity index (χ0v) is 14.8. The number of ether oxygens (including phenoxy) is 1. The summed E-state index contributed by atoms with van der Waals surface area (Å²) in [6, 6.07) is 3.29. The molecule has 1 unspecified atom stereocenters. The van der Waals surface area contributed by atoms with Crippen LogP contribution >= 0.6 is 0 Å². The summed E-state index contributed by atoms with van der Waals surface area (Å²) < 4.78 is 23.5. The van der Waals surface area contributed by atoms with Crippen LogP contribution in [0, 0.1) is 12.7 Å². The molecule has 8 nitrogen and oxygen atoms in total. The highest BCUT2D eigenvalue weighted by Gasteiger charge is 2.20. The van der Waals surface area contributed by atoms with Gasteiger partial charge in [0.25, 0.3) is 0 Å². The number of hydrogen-bond acceptors (Lipinski definition) is 6. The summed E-state index contributed by atoms with van der Waals surface area (Å²) in [5.41, 5.74) is 1.05. The Morgan fingerprint density at radius 2 is 2.26 bits per heavy atom. The molecular weight excluding hydrogens is 357 g/mol. The van der Waals surface area contributed by atoms with E-state index in [-0.39, 0.29) is 43.6 Å². The molecule has 0 saturated carbocycles. The van der Waals surface area contributed by atoms with Gasteiger partial charge in [0.15, 0.2) is 6.04 Å². The maximum Gasteiger partial charge on any atom is 0.328 e. The van der Waals surface area contributed by atoms with E-state index in [9.17, 15) is 14.0 Å². The molecule has 2 aromatic rings. The summed E-state index contributed by atoms with van der Waals surface area (Å²) in [4.78, 5) is 27.2. The number of rotatable bonds is 10. The molecule has 0 radical (unpaired) electrons. The lowest BCUT2D eigenvalue weighted by atomic mass is 10.1. The number of carboxylic acids is 1. The van der Waals surface area contributed by atoms with Gasteiger partial charge in [-0.05, 0) is 30.7 Å². The van der Waals surface area contributed by atoms with Crippen molar-refractivity contribution in [2.45, 2.75) is 25.8 Å². The average Bonchev–Trinajstić information content (AvgIpc) is 3.10. The Hall–Kier alpha value is -3.07. The predicted molar refractivity (Wildman–Crippen MR) is 93.3 cm³/mol. The number of carbonyl (C=O) groups is 2. The van der Waals surface area contributed by atoms with Crippen LogP contribution in [0.5, 0.6) is 0 Å². The molecule has 1 aromatic carbocycles. The number of nitrogens with one attached hydrogen (secondary N) is 1. The zero-order valence-electron chi connectivity index (χ0n) is 14.8. The molecule has 144 valence electrons. The summed E-state index contributed by atoms with van der Waals surface area (Å²) >= 11 is 0. The fraction of sp³-hybridized carbons (Fsp3) is 0.333. The van der Waals surface area contributed by atoms with Gasteiger partial charge in [-0.15, -0.1) is 6.58 Å². The maximum absolute atomic E-state index is 13.3. The Morgan fingerprint density at radius 1 is 1.48 bits per heavy atom. The van der Waals surface area contributed by atoms with Crippen LogP contribution in [0.4, 0.5) is 4.39 Å². The lowest BCUT2D eigenvalue weighted by Gasteiger charge is -2.13. The Bertz CT molecular complexity index is 821. The third-order valence-corrected chi connectivity index (χ3v) is 3.60. The smallest absolute Gasteiger partial charge is 0.328 e. The monoisotopic (exact) mass is 377 g/mol. The molecule has 27 heavy (non-hydrogen) atoms. The van der Waals surface area contributed by atoms with E-state index in [2.05, 4.69) is 22.0 Å². The molecule has 0 fully saturated rings. The summed E-state index contributed by atoms with van der Waals surface area (Å²) in [7, 11) is 0. The van der Waals surface area contributed by atoms with Gasteiger partial charge >= 0.3 is 5.97 Å². The first-order chi connectivity index (χ1) is 12.9. The molecule has 0 aliphatic carbocycles. The molecule has 9 heteroatoms. The number of hydrogen-bond donors (Lipinski definition) is 2. The molecule has 0 saturated heterocycles. The Morgan fingerprint density at radius 3 is 2.93 bits per heavy atom. The highest BCUT2D eigenvalue weighted by atomic mass is 19.1. The normalized spacial score (nSPS) is 11.8. The number of benzene rings is 1. The summed E-state index contributed by atoms with van der Waals surface area (Å²) in [6.07, 6.45) is 1.59. The Kier molecular flexibility index (Phi) is 7.18. The summed E-state index contributed by atoms with van der Waals surface area (Å²) in [5.74, 6) is -1.50. The molecule has 2 rings (SSSR count). The second kappa shape index (κ2) is 9.58. The first-order valence-electron chi connectivity index (χ1n) is 8.20. The van der Waals surface area contributed by atoms with Gasteiger partial charge in [0.05, 0.1) is 13.2 Å². The number of aromatic nitrogens is 2. The first kappa shape index (κ1) is 20.2. The van der Waals surface area contributed by atoms with Crippen LogP contribution in [-0.2, 0) is 20.7 Å². The van der Waals surface area contributed by atoms with Gasteiger partial charge in [0, 0.05) is 18.4 Å². The number of aliphatic carboxylic acids is 1. The van der Waals surface area contributed by atoms with Crippen LogP contribution in [0.1, 0.15) is 17.9 Å². The second-order valence-electron chi connectivity index (χ2n) is 5.76. The molecule has 2 N–H and O–H groups in total. The molecule has 1 atom stereocenters. The largest absolute Gasteiger partial charge is 0.480 e. The molecule has 0 spiro atoms. The first-order valence-corrected chi connectivity index (χ1v) is 8.20. The van der Waals surface area contributed by atoms with Crippen molar-refractivity contribution < 1.29 is 28.3 Å². The molecule has 0 bridgehead atoms. The van der Waals surface area contributed by atoms with Crippen LogP contribution in [0.25, 0.3) is 11.4 Å². The van der Waals surface area contributed by atoms with Gasteiger partial charge in [-0.1, -0.05) is 11.2 Å². The Balaban J connectivity index is 1.89. The van der Waals surface area contributed by atoms with Crippen LogP contribution in [0.15, 0.2) is 35.4 Å². The van der Waals surface area contributed by atoms with Gasteiger partial charge in [0.2, 0.25) is 17.6 Å². The van der Waals surface area contributed by atoms with E-state index in [1.54, 1.807) is 13.0 Å². The number of amides is 1. The van der Waals surface area contributed by atoms with Gasteiger partial charge in [-0.25, -0.2) is 9.18 Å². The van der Waals surface area contributed by atoms with E-state index >= 15 is 0 Å². The van der Waals surface area contributed by atoms with E-state index in [1.165, 1.54) is 18.2 Å². The standard InChI is InChI=1S/C18H20FN3O5/c1-3-8-26-10-14(18(24)25)20-15(23)6-7-16-21-17(22-27-16)12-4-5-13(19)11(2)9-12/h3-5,9,14H,1,6-8,10H2,2H3,(H,20,23)(H,24,25). The SMILES string of the molecule is C=CCOCC(NC(=O)CCc1nc(-c2ccc(F)c(C)c2)no1)C(=O)O. The maximum atomic E-state index is 13.3. The summed E-state index contributed by atoms with van der Waals surface area (Å²) in [6.45, 7) is 5.11. The molecule has 1 aromatic heterocycles. The van der Waals surface area contributed by atoms with Gasteiger partial charge in [0.1, 0.15) is 5.82 Å². The van der Waals surface area contributed by atoms with E-state index in [0.29, 0.717) is 11.1 Å². The topological polar surface area (TPSA) is 115 Å². The van der Waals surface area contributed by atoms with Crippen molar-refractivity contribution in [2.24, 2.45) is 0 Å². The minimum absolute atomic E-state index is 0.0324. The van der Waals surface area contributed by atoms with E-state index in [0.717, 1.165) is 0 Å². The highest BCUT2D eigenvalue weighted by molar-refractivity contribution is 5.83. The zero-order chi connectivity index (χ0) is 19.8. The fourth-order valence-corrected chi connectivity index (χ4v) is 2.19. The Labute approximate surface area is 155 Å². The number of halogens is 1. The van der Waals surface area contributed by atoms with Gasteiger partial charge in [-0.3, -0.25) is 4.79 Å². The average molecular weight is 377 g/mol. The third-order valence-electron chi connectivity index (χ3n) is 3.60. The number of carboxylic acid groups (broad SMARTS) is 1. The van der Waals surface area contributed by atoms with Crippen molar-refractivity contribution in [2.75, 3.05) is 13.2 Å². The molecular formula is C18H20FN3O5. The minimum Gasteiger partial charge on any atom is -0.480 e. The molecule has 0 aliphatic rings. The summed E-state index contributed by atoms with van der Waals surface area (Å²) in [5, 5.41) is 15.3. The van der Waals surface area contributed by atoms with Crippen molar-refractivity contribution >= 4 is 11.9 Å². The number of aryl methyl sites for hydroxylation is 2. The van der Waals surface area contributed by atoms with Crippen LogP contribution in [-0.4, -0.2) is 46.4 Å². The lowest BCUT2D eigenvalue weighted by Crippen LogP contribution is -2.44. The lowest BCUT2D eigenvalue weighted by molar-refractivity contribution is -0.143. The van der Waals surface area contributed by atoms with Crippen molar-refractivity contribution in [3.63, 3.8) is 0 Å².